The Morgan fingerprint density at radius 2 is 2.19 bits per heavy atom. The SMILES string of the molecule is CCOC(=O)C(N)CSCC(=O)Nc1ccc(C)cc1Cl. The second-order valence-electron chi connectivity index (χ2n) is 4.41. The Balaban J connectivity index is 2.36. The molecule has 1 unspecified atom stereocenters. The number of ether oxygens (including phenoxy) is 1. The topological polar surface area (TPSA) is 81.4 Å². The van der Waals surface area contributed by atoms with Gasteiger partial charge >= 0.3 is 5.97 Å². The highest BCUT2D eigenvalue weighted by molar-refractivity contribution is 8.00. The third-order valence-corrected chi connectivity index (χ3v) is 3.89. The van der Waals surface area contributed by atoms with E-state index < -0.39 is 12.0 Å². The van der Waals surface area contributed by atoms with E-state index in [0.717, 1.165) is 5.56 Å². The maximum atomic E-state index is 11.8. The second-order valence-corrected chi connectivity index (χ2v) is 5.84. The summed E-state index contributed by atoms with van der Waals surface area (Å²) >= 11 is 7.30. The fourth-order valence-electron chi connectivity index (χ4n) is 1.50. The number of amides is 1. The first kappa shape index (κ1) is 17.8. The van der Waals surface area contributed by atoms with E-state index in [9.17, 15) is 9.59 Å². The maximum Gasteiger partial charge on any atom is 0.323 e. The highest BCUT2D eigenvalue weighted by atomic mass is 35.5. The molecule has 1 atom stereocenters. The number of nitrogens with one attached hydrogen (secondary N) is 1. The Hall–Kier alpha value is -1.24. The molecule has 0 aliphatic carbocycles. The van der Waals surface area contributed by atoms with E-state index in [1.165, 1.54) is 11.8 Å². The number of thioether (sulfide) groups is 1. The minimum absolute atomic E-state index is 0.192. The van der Waals surface area contributed by atoms with Crippen LogP contribution in [0, 0.1) is 6.92 Å². The lowest BCUT2D eigenvalue weighted by Gasteiger charge is -2.10. The van der Waals surface area contributed by atoms with Crippen molar-refractivity contribution in [2.45, 2.75) is 19.9 Å². The number of esters is 1. The molecule has 0 bridgehead atoms. The summed E-state index contributed by atoms with van der Waals surface area (Å²) in [7, 11) is 0. The Bertz CT molecular complexity index is 511. The summed E-state index contributed by atoms with van der Waals surface area (Å²) in [5.74, 6) is -0.126. The summed E-state index contributed by atoms with van der Waals surface area (Å²) in [5, 5.41) is 3.21. The largest absolute Gasteiger partial charge is 0.465 e. The summed E-state index contributed by atoms with van der Waals surface area (Å²) in [6, 6.07) is 4.68. The van der Waals surface area contributed by atoms with Gasteiger partial charge in [0.15, 0.2) is 0 Å². The molecule has 116 valence electrons. The summed E-state index contributed by atoms with van der Waals surface area (Å²) in [6.07, 6.45) is 0. The van der Waals surface area contributed by atoms with Gasteiger partial charge in [0.1, 0.15) is 6.04 Å². The molecule has 0 radical (unpaired) electrons. The molecule has 1 aromatic carbocycles. The van der Waals surface area contributed by atoms with E-state index in [-0.39, 0.29) is 11.7 Å². The molecule has 0 saturated heterocycles. The van der Waals surface area contributed by atoms with Gasteiger partial charge in [0.2, 0.25) is 5.91 Å². The van der Waals surface area contributed by atoms with Crippen molar-refractivity contribution in [2.24, 2.45) is 5.73 Å². The van der Waals surface area contributed by atoms with Crippen LogP contribution in [0.3, 0.4) is 0 Å². The minimum Gasteiger partial charge on any atom is -0.465 e. The van der Waals surface area contributed by atoms with Crippen molar-refractivity contribution in [3.8, 4) is 0 Å². The Morgan fingerprint density at radius 3 is 2.81 bits per heavy atom. The quantitative estimate of drug-likeness (QED) is 0.749. The number of aryl methyl sites for hydroxylation is 1. The number of carbonyl (C=O) groups is 2. The molecule has 0 aromatic heterocycles. The van der Waals surface area contributed by atoms with Gasteiger partial charge in [-0.3, -0.25) is 9.59 Å². The van der Waals surface area contributed by atoms with Crippen LogP contribution in [0.15, 0.2) is 18.2 Å². The van der Waals surface area contributed by atoms with Gasteiger partial charge in [0, 0.05) is 5.75 Å². The highest BCUT2D eigenvalue weighted by Crippen LogP contribution is 2.22. The van der Waals surface area contributed by atoms with Gasteiger partial charge < -0.3 is 15.8 Å². The van der Waals surface area contributed by atoms with Gasteiger partial charge in [-0.25, -0.2) is 0 Å². The summed E-state index contributed by atoms with van der Waals surface area (Å²) < 4.78 is 4.79. The van der Waals surface area contributed by atoms with Crippen LogP contribution in [0.5, 0.6) is 0 Å². The van der Waals surface area contributed by atoms with Crippen molar-refractivity contribution in [2.75, 3.05) is 23.4 Å². The number of benzene rings is 1. The third kappa shape index (κ3) is 6.37. The number of halogens is 1. The van der Waals surface area contributed by atoms with Gasteiger partial charge in [-0.2, -0.15) is 0 Å². The van der Waals surface area contributed by atoms with Crippen LogP contribution < -0.4 is 11.1 Å². The molecular formula is C14H19ClN2O3S. The molecule has 0 aliphatic heterocycles. The zero-order valence-corrected chi connectivity index (χ0v) is 13.6. The average molecular weight is 331 g/mol. The summed E-state index contributed by atoms with van der Waals surface area (Å²) in [5.41, 5.74) is 7.23. The first-order valence-electron chi connectivity index (χ1n) is 6.50. The minimum atomic E-state index is -0.717. The lowest BCUT2D eigenvalue weighted by Crippen LogP contribution is -2.35. The fourth-order valence-corrected chi connectivity index (χ4v) is 2.55. The molecule has 1 amide bonds. The molecule has 0 aliphatic rings. The normalized spacial score (nSPS) is 11.8. The molecule has 1 rings (SSSR count). The lowest BCUT2D eigenvalue weighted by molar-refractivity contribution is -0.144. The van der Waals surface area contributed by atoms with E-state index in [1.54, 1.807) is 19.1 Å². The standard InChI is InChI=1S/C14H19ClN2O3S/c1-3-20-14(19)11(16)7-21-8-13(18)17-12-5-4-9(2)6-10(12)15/h4-6,11H,3,7-8,16H2,1-2H3,(H,17,18). The van der Waals surface area contributed by atoms with E-state index in [4.69, 9.17) is 22.1 Å². The second kappa shape index (κ2) is 8.92. The zero-order chi connectivity index (χ0) is 15.8. The van der Waals surface area contributed by atoms with Gasteiger partial charge in [0.25, 0.3) is 0 Å². The van der Waals surface area contributed by atoms with Crippen molar-refractivity contribution in [1.29, 1.82) is 0 Å². The Morgan fingerprint density at radius 1 is 1.48 bits per heavy atom. The van der Waals surface area contributed by atoms with Crippen molar-refractivity contribution in [3.05, 3.63) is 28.8 Å². The van der Waals surface area contributed by atoms with E-state index in [1.807, 2.05) is 13.0 Å². The maximum absolute atomic E-state index is 11.8. The fraction of sp³-hybridized carbons (Fsp3) is 0.429. The van der Waals surface area contributed by atoms with Crippen LogP contribution in [0.2, 0.25) is 5.02 Å². The number of hydrogen-bond donors (Lipinski definition) is 2. The van der Waals surface area contributed by atoms with E-state index in [0.29, 0.717) is 23.1 Å². The van der Waals surface area contributed by atoms with Crippen LogP contribution in [0.1, 0.15) is 12.5 Å². The van der Waals surface area contributed by atoms with E-state index >= 15 is 0 Å². The molecular weight excluding hydrogens is 312 g/mol. The van der Waals surface area contributed by atoms with Gasteiger partial charge in [-0.15, -0.1) is 11.8 Å². The molecule has 0 spiro atoms. The van der Waals surface area contributed by atoms with Crippen LogP contribution in [0.25, 0.3) is 0 Å². The number of rotatable bonds is 7. The first-order valence-corrected chi connectivity index (χ1v) is 8.03. The van der Waals surface area contributed by atoms with Crippen LogP contribution in [0.4, 0.5) is 5.69 Å². The Labute approximate surface area is 133 Å². The zero-order valence-electron chi connectivity index (χ0n) is 12.0. The molecule has 0 fully saturated rings. The van der Waals surface area contributed by atoms with Crippen molar-refractivity contribution in [3.63, 3.8) is 0 Å². The molecule has 21 heavy (non-hydrogen) atoms. The van der Waals surface area contributed by atoms with Crippen LogP contribution >= 0.6 is 23.4 Å². The average Bonchev–Trinajstić information content (AvgIpc) is 2.42. The number of hydrogen-bond acceptors (Lipinski definition) is 5. The monoisotopic (exact) mass is 330 g/mol. The lowest BCUT2D eigenvalue weighted by atomic mass is 10.2. The Kier molecular flexibility index (Phi) is 7.56. The molecule has 3 N–H and O–H groups in total. The van der Waals surface area contributed by atoms with Gasteiger partial charge in [0.05, 0.1) is 23.1 Å². The first-order chi connectivity index (χ1) is 9.93. The molecule has 0 saturated carbocycles. The predicted molar refractivity (Wildman–Crippen MR) is 86.8 cm³/mol. The molecule has 1 aromatic rings. The van der Waals surface area contributed by atoms with Crippen molar-refractivity contribution < 1.29 is 14.3 Å². The highest BCUT2D eigenvalue weighted by Gasteiger charge is 2.15. The van der Waals surface area contributed by atoms with Crippen molar-refractivity contribution >= 4 is 40.9 Å². The van der Waals surface area contributed by atoms with Crippen LogP contribution in [-0.4, -0.2) is 36.0 Å². The number of anilines is 1. The molecule has 0 heterocycles. The van der Waals surface area contributed by atoms with E-state index in [2.05, 4.69) is 5.32 Å². The third-order valence-electron chi connectivity index (χ3n) is 2.52. The van der Waals surface area contributed by atoms with Gasteiger partial charge in [-0.1, -0.05) is 17.7 Å². The smallest absolute Gasteiger partial charge is 0.323 e. The molecule has 7 heteroatoms. The molecule has 5 nitrogen and oxygen atoms in total. The van der Waals surface area contributed by atoms with Gasteiger partial charge in [-0.05, 0) is 31.5 Å². The summed E-state index contributed by atoms with van der Waals surface area (Å²) in [6.45, 7) is 3.93. The van der Waals surface area contributed by atoms with Crippen LogP contribution in [-0.2, 0) is 14.3 Å². The number of carbonyl (C=O) groups excluding carboxylic acids is 2. The predicted octanol–water partition coefficient (Wildman–Crippen LogP) is 2.21. The number of nitrogens with two attached hydrogens (primary N) is 1. The summed E-state index contributed by atoms with van der Waals surface area (Å²) in [4.78, 5) is 23.1. The van der Waals surface area contributed by atoms with Crippen molar-refractivity contribution in [1.82, 2.24) is 0 Å².